The second-order valence-corrected chi connectivity index (χ2v) is 7.92. The molecule has 130 valence electrons. The zero-order chi connectivity index (χ0) is 18.2. The molecule has 0 N–H and O–H groups in total. The molecule has 0 aromatic heterocycles. The molecule has 0 radical (unpaired) electrons. The van der Waals surface area contributed by atoms with E-state index in [9.17, 15) is 13.2 Å². The molecule has 5 nitrogen and oxygen atoms in total. The number of cyclic esters (lactones) is 1. The number of rotatable bonds is 4. The summed E-state index contributed by atoms with van der Waals surface area (Å²) in [6.07, 6.45) is 0.551. The highest BCUT2D eigenvalue weighted by atomic mass is 32.2. The van der Waals surface area contributed by atoms with E-state index in [1.165, 1.54) is 18.2 Å². The van der Waals surface area contributed by atoms with Crippen LogP contribution in [0.4, 0.5) is 4.79 Å². The van der Waals surface area contributed by atoms with Crippen LogP contribution in [0.25, 0.3) is 0 Å². The molecule has 2 aromatic carbocycles. The molecule has 1 atom stereocenters. The van der Waals surface area contributed by atoms with E-state index in [-0.39, 0.29) is 11.5 Å². The molecule has 0 spiro atoms. The second kappa shape index (κ2) is 6.04. The third-order valence-corrected chi connectivity index (χ3v) is 6.22. The number of amides is 1. The predicted molar refractivity (Wildman–Crippen MR) is 94.6 cm³/mol. The van der Waals surface area contributed by atoms with E-state index in [4.69, 9.17) is 4.74 Å². The Morgan fingerprint density at radius 1 is 1.04 bits per heavy atom. The van der Waals surface area contributed by atoms with Crippen molar-refractivity contribution in [1.29, 1.82) is 0 Å². The standard InChI is InChI=1S/C19H19NO4S/c1-4-19(16-9-5-14(2)6-10-16)13-24-18(21)20(19)25(22,23)17-11-7-15(3)8-12-17/h4-12H,1,13H2,2-3H3. The summed E-state index contributed by atoms with van der Waals surface area (Å²) >= 11 is 0. The molecular formula is C19H19NO4S. The lowest BCUT2D eigenvalue weighted by Gasteiger charge is -2.32. The lowest BCUT2D eigenvalue weighted by Crippen LogP contribution is -2.46. The van der Waals surface area contributed by atoms with Crippen molar-refractivity contribution in [3.63, 3.8) is 0 Å². The molecule has 3 rings (SSSR count). The van der Waals surface area contributed by atoms with Crippen molar-refractivity contribution in [3.8, 4) is 0 Å². The van der Waals surface area contributed by atoms with Crippen LogP contribution in [0.5, 0.6) is 0 Å². The van der Waals surface area contributed by atoms with Crippen molar-refractivity contribution < 1.29 is 17.9 Å². The number of nitrogens with zero attached hydrogens (tertiary/aromatic N) is 1. The van der Waals surface area contributed by atoms with Crippen molar-refractivity contribution >= 4 is 16.1 Å². The Labute approximate surface area is 147 Å². The number of aryl methyl sites for hydroxylation is 2. The maximum atomic E-state index is 13.1. The average molecular weight is 357 g/mol. The molecular weight excluding hydrogens is 338 g/mol. The Balaban J connectivity index is 2.17. The van der Waals surface area contributed by atoms with Gasteiger partial charge in [0.05, 0.1) is 4.90 Å². The molecule has 0 aliphatic carbocycles. The molecule has 1 aliphatic heterocycles. The normalized spacial score (nSPS) is 20.4. The Bertz CT molecular complexity index is 917. The topological polar surface area (TPSA) is 63.7 Å². The fraction of sp³-hybridized carbons (Fsp3) is 0.211. The maximum absolute atomic E-state index is 13.1. The number of sulfonamides is 1. The summed E-state index contributed by atoms with van der Waals surface area (Å²) < 4.78 is 32.2. The predicted octanol–water partition coefficient (Wildman–Crippen LogP) is 3.53. The van der Waals surface area contributed by atoms with Crippen LogP contribution < -0.4 is 0 Å². The van der Waals surface area contributed by atoms with Gasteiger partial charge >= 0.3 is 6.09 Å². The van der Waals surface area contributed by atoms with Gasteiger partial charge in [-0.2, -0.15) is 4.31 Å². The molecule has 1 saturated heterocycles. The number of hydrogen-bond donors (Lipinski definition) is 0. The largest absolute Gasteiger partial charge is 0.445 e. The summed E-state index contributed by atoms with van der Waals surface area (Å²) in [5, 5.41) is 0. The highest BCUT2D eigenvalue weighted by molar-refractivity contribution is 7.89. The van der Waals surface area contributed by atoms with E-state index >= 15 is 0 Å². The first kappa shape index (κ1) is 17.2. The van der Waals surface area contributed by atoms with E-state index in [2.05, 4.69) is 6.58 Å². The minimum Gasteiger partial charge on any atom is -0.445 e. The minimum atomic E-state index is -4.10. The van der Waals surface area contributed by atoms with E-state index in [1.807, 2.05) is 26.0 Å². The third kappa shape index (κ3) is 2.72. The summed E-state index contributed by atoms with van der Waals surface area (Å²) in [7, 11) is -4.10. The Kier molecular flexibility index (Phi) is 4.16. The molecule has 1 aliphatic rings. The first-order valence-corrected chi connectivity index (χ1v) is 9.25. The van der Waals surface area contributed by atoms with Crippen molar-refractivity contribution in [2.45, 2.75) is 24.3 Å². The third-order valence-electron chi connectivity index (χ3n) is 4.39. The van der Waals surface area contributed by atoms with Gasteiger partial charge in [-0.1, -0.05) is 53.6 Å². The fourth-order valence-electron chi connectivity index (χ4n) is 2.88. The number of carbonyl (C=O) groups is 1. The molecule has 1 amide bonds. The molecule has 0 bridgehead atoms. The zero-order valence-electron chi connectivity index (χ0n) is 14.1. The van der Waals surface area contributed by atoms with Crippen LogP contribution >= 0.6 is 0 Å². The van der Waals surface area contributed by atoms with Gasteiger partial charge in [0.2, 0.25) is 0 Å². The lowest BCUT2D eigenvalue weighted by molar-refractivity contribution is 0.169. The molecule has 2 aromatic rings. The van der Waals surface area contributed by atoms with Crippen LogP contribution in [-0.2, 0) is 20.3 Å². The highest BCUT2D eigenvalue weighted by Crippen LogP contribution is 2.40. The molecule has 1 heterocycles. The van der Waals surface area contributed by atoms with Crippen LogP contribution in [0.15, 0.2) is 66.1 Å². The Hall–Kier alpha value is -2.60. The van der Waals surface area contributed by atoms with Gasteiger partial charge in [-0.25, -0.2) is 13.2 Å². The Morgan fingerprint density at radius 2 is 1.56 bits per heavy atom. The molecule has 6 heteroatoms. The zero-order valence-corrected chi connectivity index (χ0v) is 14.9. The van der Waals surface area contributed by atoms with Gasteiger partial charge < -0.3 is 4.74 Å². The van der Waals surface area contributed by atoms with Crippen molar-refractivity contribution in [3.05, 3.63) is 77.9 Å². The summed E-state index contributed by atoms with van der Waals surface area (Å²) in [4.78, 5) is 12.4. The quantitative estimate of drug-likeness (QED) is 0.786. The lowest BCUT2D eigenvalue weighted by atomic mass is 9.91. The summed E-state index contributed by atoms with van der Waals surface area (Å²) in [5.74, 6) is 0. The van der Waals surface area contributed by atoms with Crippen LogP contribution in [0.1, 0.15) is 16.7 Å². The van der Waals surface area contributed by atoms with E-state index in [1.54, 1.807) is 24.3 Å². The SMILES string of the molecule is C=CC1(c2ccc(C)cc2)COC(=O)N1S(=O)(=O)c1ccc(C)cc1. The minimum absolute atomic E-state index is 0.0373. The smallest absolute Gasteiger partial charge is 0.425 e. The van der Waals surface area contributed by atoms with Crippen LogP contribution in [-0.4, -0.2) is 25.4 Å². The number of ether oxygens (including phenoxy) is 1. The first-order valence-electron chi connectivity index (χ1n) is 7.81. The van der Waals surface area contributed by atoms with Gasteiger partial charge in [-0.05, 0) is 31.5 Å². The summed E-state index contributed by atoms with van der Waals surface area (Å²) in [5.41, 5.74) is 1.32. The number of hydrogen-bond acceptors (Lipinski definition) is 4. The summed E-state index contributed by atoms with van der Waals surface area (Å²) in [6, 6.07) is 13.7. The maximum Gasteiger partial charge on any atom is 0.425 e. The van der Waals surface area contributed by atoms with Crippen molar-refractivity contribution in [1.82, 2.24) is 4.31 Å². The van der Waals surface area contributed by atoms with Gasteiger partial charge in [0.15, 0.2) is 0 Å². The van der Waals surface area contributed by atoms with E-state index in [0.29, 0.717) is 5.56 Å². The van der Waals surface area contributed by atoms with Crippen LogP contribution in [0.3, 0.4) is 0 Å². The first-order chi connectivity index (χ1) is 11.8. The number of benzene rings is 2. The second-order valence-electron chi connectivity index (χ2n) is 6.13. The van der Waals surface area contributed by atoms with Crippen LogP contribution in [0.2, 0.25) is 0 Å². The van der Waals surface area contributed by atoms with Gasteiger partial charge in [-0.15, -0.1) is 6.58 Å². The van der Waals surface area contributed by atoms with E-state index < -0.39 is 21.7 Å². The van der Waals surface area contributed by atoms with Gasteiger partial charge in [0.1, 0.15) is 12.1 Å². The van der Waals surface area contributed by atoms with Gasteiger partial charge in [0.25, 0.3) is 10.0 Å². The fourth-order valence-corrected chi connectivity index (χ4v) is 4.48. The number of carbonyl (C=O) groups excluding carboxylic acids is 1. The summed E-state index contributed by atoms with van der Waals surface area (Å²) in [6.45, 7) is 7.47. The average Bonchev–Trinajstić information content (AvgIpc) is 2.94. The van der Waals surface area contributed by atoms with Crippen molar-refractivity contribution in [2.75, 3.05) is 6.61 Å². The van der Waals surface area contributed by atoms with E-state index in [0.717, 1.165) is 15.4 Å². The van der Waals surface area contributed by atoms with Crippen molar-refractivity contribution in [2.24, 2.45) is 0 Å². The van der Waals surface area contributed by atoms with Gasteiger partial charge in [0, 0.05) is 0 Å². The van der Waals surface area contributed by atoms with Crippen LogP contribution in [0, 0.1) is 13.8 Å². The Morgan fingerprint density at radius 3 is 2.08 bits per heavy atom. The molecule has 1 fully saturated rings. The highest BCUT2D eigenvalue weighted by Gasteiger charge is 2.53. The molecule has 1 unspecified atom stereocenters. The monoisotopic (exact) mass is 357 g/mol. The molecule has 25 heavy (non-hydrogen) atoms. The van der Waals surface area contributed by atoms with Gasteiger partial charge in [-0.3, -0.25) is 0 Å². The molecule has 0 saturated carbocycles.